The number of aldehydes is 1. The number of aromatic nitrogens is 5. The van der Waals surface area contributed by atoms with Crippen LogP contribution in [0, 0.1) is 0 Å². The molecular formula is C34H35N7O3. The molecule has 2 aromatic carbocycles. The zero-order chi connectivity index (χ0) is 31.2. The third-order valence-electron chi connectivity index (χ3n) is 8.33. The number of hydrogen-bond acceptors (Lipinski definition) is 8. The first kappa shape index (κ1) is 29.1. The molecule has 0 radical (unpaired) electrons. The van der Waals surface area contributed by atoms with Gasteiger partial charge in [-0.15, -0.1) is 0 Å². The van der Waals surface area contributed by atoms with Crippen molar-refractivity contribution < 1.29 is 4.79 Å². The number of aryl methyl sites for hydroxylation is 1. The number of pyridine rings is 1. The van der Waals surface area contributed by atoms with E-state index in [9.17, 15) is 14.4 Å². The van der Waals surface area contributed by atoms with Crippen molar-refractivity contribution >= 4 is 28.6 Å². The Morgan fingerprint density at radius 2 is 1.80 bits per heavy atom. The van der Waals surface area contributed by atoms with Crippen molar-refractivity contribution in [1.29, 1.82) is 0 Å². The Morgan fingerprint density at radius 1 is 0.977 bits per heavy atom. The van der Waals surface area contributed by atoms with E-state index in [2.05, 4.69) is 53.2 Å². The number of nitrogens with one attached hydrogen (secondary N) is 1. The number of hydrogen-bond donors (Lipinski definition) is 1. The van der Waals surface area contributed by atoms with Crippen molar-refractivity contribution in [1.82, 2.24) is 29.4 Å². The molecule has 1 aliphatic rings. The van der Waals surface area contributed by atoms with E-state index < -0.39 is 0 Å². The number of nitrogens with zero attached hydrogens (tertiary/aromatic N) is 6. The minimum atomic E-state index is -0.345. The van der Waals surface area contributed by atoms with Gasteiger partial charge in [-0.05, 0) is 72.8 Å². The Hall–Kier alpha value is -4.96. The van der Waals surface area contributed by atoms with Crippen LogP contribution in [0.3, 0.4) is 0 Å². The van der Waals surface area contributed by atoms with Gasteiger partial charge >= 0.3 is 0 Å². The third-order valence-corrected chi connectivity index (χ3v) is 8.33. The summed E-state index contributed by atoms with van der Waals surface area (Å²) >= 11 is 0. The van der Waals surface area contributed by atoms with Crippen LogP contribution in [0.2, 0.25) is 0 Å². The second-order valence-corrected chi connectivity index (χ2v) is 12.5. The fraction of sp³-hybridized carbons (Fsp3) is 0.294. The molecule has 5 aromatic rings. The Kier molecular flexibility index (Phi) is 7.46. The summed E-state index contributed by atoms with van der Waals surface area (Å²) in [5, 5.41) is 13.2. The molecule has 0 bridgehead atoms. The lowest BCUT2D eigenvalue weighted by Gasteiger charge is -2.19. The van der Waals surface area contributed by atoms with E-state index in [4.69, 9.17) is 0 Å². The van der Waals surface area contributed by atoms with Crippen LogP contribution in [0.25, 0.3) is 27.7 Å². The first-order valence-corrected chi connectivity index (χ1v) is 14.6. The van der Waals surface area contributed by atoms with Gasteiger partial charge in [0.1, 0.15) is 11.5 Å². The van der Waals surface area contributed by atoms with Crippen molar-refractivity contribution in [2.24, 2.45) is 7.05 Å². The summed E-state index contributed by atoms with van der Waals surface area (Å²) in [5.41, 5.74) is 3.16. The number of likely N-dealkylation sites (N-methyl/N-ethyl adjacent to an activating group) is 1. The van der Waals surface area contributed by atoms with E-state index in [1.165, 1.54) is 14.9 Å². The number of carbonyl (C=O) groups excluding carboxylic acids is 1. The molecule has 0 saturated carbocycles. The topological polar surface area (TPSA) is 115 Å². The maximum absolute atomic E-state index is 13.6. The molecule has 3 aromatic heterocycles. The monoisotopic (exact) mass is 589 g/mol. The number of carbonyl (C=O) groups is 1. The molecule has 10 nitrogen and oxygen atoms in total. The van der Waals surface area contributed by atoms with Crippen LogP contribution in [0.5, 0.6) is 0 Å². The molecule has 0 aliphatic carbocycles. The molecule has 1 unspecified atom stereocenters. The smallest absolute Gasteiger partial charge is 0.290 e. The largest absolute Gasteiger partial charge is 0.336 e. The molecule has 1 fully saturated rings. The predicted octanol–water partition coefficient (Wildman–Crippen LogP) is 4.81. The fourth-order valence-corrected chi connectivity index (χ4v) is 5.77. The summed E-state index contributed by atoms with van der Waals surface area (Å²) in [5.74, 6) is 0.974. The highest BCUT2D eigenvalue weighted by atomic mass is 16.1. The number of rotatable bonds is 6. The van der Waals surface area contributed by atoms with Crippen LogP contribution in [-0.4, -0.2) is 55.9 Å². The molecule has 4 heterocycles. The Labute approximate surface area is 255 Å². The molecule has 224 valence electrons. The van der Waals surface area contributed by atoms with Crippen molar-refractivity contribution in [3.8, 4) is 16.9 Å². The summed E-state index contributed by atoms with van der Waals surface area (Å²) in [4.78, 5) is 46.0. The second kappa shape index (κ2) is 11.3. The van der Waals surface area contributed by atoms with Crippen LogP contribution < -0.4 is 16.4 Å². The van der Waals surface area contributed by atoms with Gasteiger partial charge in [0.05, 0.1) is 23.0 Å². The maximum Gasteiger partial charge on any atom is 0.290 e. The average molecular weight is 590 g/mol. The molecule has 1 N–H and O–H groups in total. The highest BCUT2D eigenvalue weighted by Crippen LogP contribution is 2.29. The van der Waals surface area contributed by atoms with Crippen LogP contribution in [-0.2, 0) is 12.5 Å². The van der Waals surface area contributed by atoms with Gasteiger partial charge in [0.25, 0.3) is 11.1 Å². The molecule has 6 rings (SSSR count). The molecule has 1 saturated heterocycles. The maximum atomic E-state index is 13.6. The lowest BCUT2D eigenvalue weighted by molar-refractivity contribution is 0.112. The molecule has 1 aliphatic heterocycles. The van der Waals surface area contributed by atoms with Gasteiger partial charge in [0.2, 0.25) is 0 Å². The second-order valence-electron chi connectivity index (χ2n) is 12.5. The third kappa shape index (κ3) is 5.44. The Bertz CT molecular complexity index is 2010. The van der Waals surface area contributed by atoms with Crippen LogP contribution in [0.4, 0.5) is 11.5 Å². The predicted molar refractivity (Wildman–Crippen MR) is 172 cm³/mol. The number of benzene rings is 2. The SMILES string of the molecule is CN1CCC(c2ccc(Nc3cc(-c4cccc(-n5ncc6cc(C(C)(C)C)ccc6c5=O)c4C=O)nn(C)c3=O)nc2)C1. The molecule has 44 heavy (non-hydrogen) atoms. The first-order chi connectivity index (χ1) is 21.0. The zero-order valence-corrected chi connectivity index (χ0v) is 25.5. The Balaban J connectivity index is 1.37. The Morgan fingerprint density at radius 3 is 2.48 bits per heavy atom. The first-order valence-electron chi connectivity index (χ1n) is 14.6. The van der Waals surface area contributed by atoms with Crippen molar-refractivity contribution in [2.75, 3.05) is 25.5 Å². The van der Waals surface area contributed by atoms with Crippen LogP contribution in [0.1, 0.15) is 54.6 Å². The van der Waals surface area contributed by atoms with Gasteiger partial charge in [0.15, 0.2) is 6.29 Å². The van der Waals surface area contributed by atoms with E-state index in [1.807, 2.05) is 30.5 Å². The van der Waals surface area contributed by atoms with E-state index in [0.717, 1.165) is 30.5 Å². The standard InChI is InChI=1S/C34H35N7O3/c1-34(2,3)24-10-11-25-23(15-24)18-36-41(32(25)43)30-8-6-7-26(27(30)20-42)28-16-29(33(44)40(5)38-28)37-31-12-9-21(17-35-31)22-13-14-39(4)19-22/h6-12,15-18,20,22H,13-14,19H2,1-5H3,(H,35,37). The fourth-order valence-electron chi connectivity index (χ4n) is 5.77. The summed E-state index contributed by atoms with van der Waals surface area (Å²) in [6.45, 7) is 8.40. The molecule has 10 heteroatoms. The number of anilines is 2. The van der Waals surface area contributed by atoms with Gasteiger partial charge in [-0.3, -0.25) is 14.4 Å². The molecule has 1 atom stereocenters. The van der Waals surface area contributed by atoms with Crippen molar-refractivity contribution in [3.63, 3.8) is 0 Å². The van der Waals surface area contributed by atoms with E-state index in [0.29, 0.717) is 40.4 Å². The van der Waals surface area contributed by atoms with Gasteiger partial charge in [-0.1, -0.05) is 45.0 Å². The van der Waals surface area contributed by atoms with Gasteiger partial charge < -0.3 is 10.2 Å². The molecule has 0 amide bonds. The molecule has 0 spiro atoms. The number of likely N-dealkylation sites (tertiary alicyclic amines) is 1. The minimum Gasteiger partial charge on any atom is -0.336 e. The van der Waals surface area contributed by atoms with Gasteiger partial charge in [-0.25, -0.2) is 9.67 Å². The average Bonchev–Trinajstić information content (AvgIpc) is 3.45. The summed E-state index contributed by atoms with van der Waals surface area (Å²) in [7, 11) is 3.67. The lowest BCUT2D eigenvalue weighted by Crippen LogP contribution is -2.24. The van der Waals surface area contributed by atoms with E-state index in [-0.39, 0.29) is 27.8 Å². The number of fused-ring (bicyclic) bond motifs is 1. The van der Waals surface area contributed by atoms with E-state index >= 15 is 0 Å². The van der Waals surface area contributed by atoms with Crippen LogP contribution in [0.15, 0.2) is 76.6 Å². The van der Waals surface area contributed by atoms with Crippen molar-refractivity contribution in [2.45, 2.75) is 38.5 Å². The van der Waals surface area contributed by atoms with Crippen LogP contribution >= 0.6 is 0 Å². The summed E-state index contributed by atoms with van der Waals surface area (Å²) in [6.07, 6.45) is 5.27. The quantitative estimate of drug-likeness (QED) is 0.281. The van der Waals surface area contributed by atoms with Crippen molar-refractivity contribution in [3.05, 3.63) is 104 Å². The normalized spacial score (nSPS) is 15.5. The highest BCUT2D eigenvalue weighted by molar-refractivity contribution is 5.92. The zero-order valence-electron chi connectivity index (χ0n) is 25.5. The lowest BCUT2D eigenvalue weighted by atomic mass is 9.86. The molecular weight excluding hydrogens is 554 g/mol. The highest BCUT2D eigenvalue weighted by Gasteiger charge is 2.22. The summed E-state index contributed by atoms with van der Waals surface area (Å²) < 4.78 is 2.45. The van der Waals surface area contributed by atoms with Gasteiger partial charge in [0, 0.05) is 36.3 Å². The van der Waals surface area contributed by atoms with Gasteiger partial charge in [-0.2, -0.15) is 14.9 Å². The summed E-state index contributed by atoms with van der Waals surface area (Å²) in [6, 6.07) is 16.4. The van der Waals surface area contributed by atoms with E-state index in [1.54, 1.807) is 43.6 Å². The minimum absolute atomic E-state index is 0.0785.